The lowest BCUT2D eigenvalue weighted by atomic mass is 9.87. The SMILES string of the molecule is C[n+]1ncc(C(C)(C)C)cc1C1CCCC1. The summed E-state index contributed by atoms with van der Waals surface area (Å²) in [6, 6.07) is 2.36. The van der Waals surface area contributed by atoms with Crippen molar-refractivity contribution in [3.8, 4) is 0 Å². The van der Waals surface area contributed by atoms with Gasteiger partial charge in [0.1, 0.15) is 0 Å². The predicted molar refractivity (Wildman–Crippen MR) is 65.3 cm³/mol. The van der Waals surface area contributed by atoms with Crippen LogP contribution in [0.2, 0.25) is 0 Å². The lowest BCUT2D eigenvalue weighted by Crippen LogP contribution is -2.39. The zero-order valence-electron chi connectivity index (χ0n) is 11.0. The average molecular weight is 219 g/mol. The zero-order valence-corrected chi connectivity index (χ0v) is 11.0. The molecule has 2 nitrogen and oxygen atoms in total. The van der Waals surface area contributed by atoms with Crippen LogP contribution in [-0.4, -0.2) is 5.10 Å². The molecule has 0 spiro atoms. The van der Waals surface area contributed by atoms with Gasteiger partial charge in [-0.1, -0.05) is 38.3 Å². The molecule has 1 aliphatic carbocycles. The van der Waals surface area contributed by atoms with Crippen LogP contribution in [0.5, 0.6) is 0 Å². The van der Waals surface area contributed by atoms with Crippen LogP contribution in [0.4, 0.5) is 0 Å². The molecule has 0 N–H and O–H groups in total. The summed E-state index contributed by atoms with van der Waals surface area (Å²) >= 11 is 0. The van der Waals surface area contributed by atoms with Gasteiger partial charge in [-0.25, -0.2) is 0 Å². The van der Waals surface area contributed by atoms with Gasteiger partial charge in [-0.3, -0.25) is 0 Å². The Hall–Kier alpha value is -0.920. The minimum absolute atomic E-state index is 0.203. The summed E-state index contributed by atoms with van der Waals surface area (Å²) in [7, 11) is 2.07. The van der Waals surface area contributed by atoms with Crippen molar-refractivity contribution in [1.82, 2.24) is 5.10 Å². The van der Waals surface area contributed by atoms with E-state index in [1.54, 1.807) is 0 Å². The molecular formula is C14H23N2+. The minimum atomic E-state index is 0.203. The summed E-state index contributed by atoms with van der Waals surface area (Å²) in [4.78, 5) is 0. The summed E-state index contributed by atoms with van der Waals surface area (Å²) in [6.45, 7) is 6.76. The highest BCUT2D eigenvalue weighted by atomic mass is 15.2. The summed E-state index contributed by atoms with van der Waals surface area (Å²) in [5.41, 5.74) is 2.98. The topological polar surface area (TPSA) is 16.8 Å². The second-order valence-electron chi connectivity index (χ2n) is 6.02. The molecule has 2 rings (SSSR count). The van der Waals surface area contributed by atoms with Crippen molar-refractivity contribution < 1.29 is 4.68 Å². The van der Waals surface area contributed by atoms with E-state index in [1.165, 1.54) is 36.9 Å². The number of aryl methyl sites for hydroxylation is 1. The van der Waals surface area contributed by atoms with Gasteiger partial charge in [0.2, 0.25) is 5.69 Å². The predicted octanol–water partition coefficient (Wildman–Crippen LogP) is 2.86. The van der Waals surface area contributed by atoms with Gasteiger partial charge in [-0.05, 0) is 28.9 Å². The fraction of sp³-hybridized carbons (Fsp3) is 0.714. The Labute approximate surface area is 98.7 Å². The smallest absolute Gasteiger partial charge is 0.0909 e. The van der Waals surface area contributed by atoms with Crippen LogP contribution >= 0.6 is 0 Å². The first kappa shape index (κ1) is 11.6. The number of hydrogen-bond acceptors (Lipinski definition) is 1. The first-order valence-electron chi connectivity index (χ1n) is 6.35. The third-order valence-corrected chi connectivity index (χ3v) is 3.69. The van der Waals surface area contributed by atoms with Crippen LogP contribution < -0.4 is 4.68 Å². The number of nitrogens with zero attached hydrogens (tertiary/aromatic N) is 2. The molecule has 1 fully saturated rings. The van der Waals surface area contributed by atoms with E-state index in [-0.39, 0.29) is 5.41 Å². The Morgan fingerprint density at radius 2 is 1.88 bits per heavy atom. The van der Waals surface area contributed by atoms with Crippen molar-refractivity contribution in [2.75, 3.05) is 0 Å². The van der Waals surface area contributed by atoms with E-state index in [1.807, 2.05) is 6.20 Å². The molecule has 1 saturated carbocycles. The Morgan fingerprint density at radius 1 is 1.25 bits per heavy atom. The second kappa shape index (κ2) is 4.15. The normalized spacial score (nSPS) is 18.0. The van der Waals surface area contributed by atoms with Gasteiger partial charge >= 0.3 is 0 Å². The third kappa shape index (κ3) is 2.26. The molecule has 1 aromatic rings. The number of rotatable bonds is 1. The van der Waals surface area contributed by atoms with Crippen molar-refractivity contribution in [1.29, 1.82) is 0 Å². The minimum Gasteiger partial charge on any atom is -0.0909 e. The molecule has 88 valence electrons. The Balaban J connectivity index is 2.36. The molecular weight excluding hydrogens is 196 g/mol. The molecule has 0 aliphatic heterocycles. The molecule has 1 heterocycles. The van der Waals surface area contributed by atoms with Crippen molar-refractivity contribution >= 4 is 0 Å². The molecule has 0 saturated heterocycles. The van der Waals surface area contributed by atoms with Gasteiger partial charge < -0.3 is 0 Å². The van der Waals surface area contributed by atoms with Crippen molar-refractivity contribution in [2.45, 2.75) is 57.8 Å². The van der Waals surface area contributed by atoms with Crippen LogP contribution in [0.15, 0.2) is 12.3 Å². The quantitative estimate of drug-likeness (QED) is 0.664. The van der Waals surface area contributed by atoms with Crippen LogP contribution in [0, 0.1) is 0 Å². The van der Waals surface area contributed by atoms with Gasteiger partial charge in [-0.15, -0.1) is 0 Å². The molecule has 1 aromatic heterocycles. The number of hydrogen-bond donors (Lipinski definition) is 0. The molecule has 0 atom stereocenters. The van der Waals surface area contributed by atoms with Crippen molar-refractivity contribution in [3.63, 3.8) is 0 Å². The van der Waals surface area contributed by atoms with Crippen LogP contribution in [0.1, 0.15) is 63.6 Å². The summed E-state index contributed by atoms with van der Waals surface area (Å²) < 4.78 is 2.06. The van der Waals surface area contributed by atoms with E-state index in [0.29, 0.717) is 0 Å². The van der Waals surface area contributed by atoms with Crippen molar-refractivity contribution in [3.05, 3.63) is 23.5 Å². The standard InChI is InChI=1S/C14H23N2/c1-14(2,3)12-9-13(16(4)15-10-12)11-7-5-6-8-11/h9-11H,5-8H2,1-4H3/q+1. The maximum absolute atomic E-state index is 4.51. The molecule has 0 radical (unpaired) electrons. The first-order chi connectivity index (χ1) is 7.48. The van der Waals surface area contributed by atoms with E-state index < -0.39 is 0 Å². The highest BCUT2D eigenvalue weighted by Crippen LogP contribution is 2.33. The molecule has 16 heavy (non-hydrogen) atoms. The lowest BCUT2D eigenvalue weighted by Gasteiger charge is -2.18. The van der Waals surface area contributed by atoms with Crippen LogP contribution in [-0.2, 0) is 12.5 Å². The van der Waals surface area contributed by atoms with Gasteiger partial charge in [0.15, 0.2) is 7.05 Å². The molecule has 0 unspecified atom stereocenters. The summed E-state index contributed by atoms with van der Waals surface area (Å²) in [5.74, 6) is 0.736. The molecule has 0 bridgehead atoms. The maximum atomic E-state index is 4.51. The van der Waals surface area contributed by atoms with Gasteiger partial charge in [0.05, 0.1) is 6.20 Å². The summed E-state index contributed by atoms with van der Waals surface area (Å²) in [6.07, 6.45) is 7.44. The van der Waals surface area contributed by atoms with Gasteiger partial charge in [-0.2, -0.15) is 0 Å². The highest BCUT2D eigenvalue weighted by molar-refractivity contribution is 5.20. The average Bonchev–Trinajstić information content (AvgIpc) is 2.69. The van der Waals surface area contributed by atoms with Crippen molar-refractivity contribution in [2.24, 2.45) is 7.05 Å². The van der Waals surface area contributed by atoms with E-state index >= 15 is 0 Å². The maximum Gasteiger partial charge on any atom is 0.211 e. The van der Waals surface area contributed by atoms with Crippen LogP contribution in [0.25, 0.3) is 0 Å². The molecule has 0 amide bonds. The molecule has 1 aliphatic rings. The van der Waals surface area contributed by atoms with E-state index in [4.69, 9.17) is 0 Å². The highest BCUT2D eigenvalue weighted by Gasteiger charge is 2.27. The Bertz CT molecular complexity index is 371. The second-order valence-corrected chi connectivity index (χ2v) is 6.02. The molecule has 2 heteroatoms. The van der Waals surface area contributed by atoms with E-state index in [2.05, 4.69) is 43.7 Å². The largest absolute Gasteiger partial charge is 0.211 e. The van der Waals surface area contributed by atoms with Gasteiger partial charge in [0.25, 0.3) is 0 Å². The fourth-order valence-corrected chi connectivity index (χ4v) is 2.52. The monoisotopic (exact) mass is 219 g/mol. The first-order valence-corrected chi connectivity index (χ1v) is 6.35. The lowest BCUT2D eigenvalue weighted by molar-refractivity contribution is -0.739. The Kier molecular flexibility index (Phi) is 3.00. The molecule has 0 aromatic carbocycles. The van der Waals surface area contributed by atoms with E-state index in [0.717, 1.165) is 5.92 Å². The number of aromatic nitrogens is 2. The fourth-order valence-electron chi connectivity index (χ4n) is 2.52. The Morgan fingerprint density at radius 3 is 2.44 bits per heavy atom. The van der Waals surface area contributed by atoms with E-state index in [9.17, 15) is 0 Å². The summed E-state index contributed by atoms with van der Waals surface area (Å²) in [5, 5.41) is 4.51. The zero-order chi connectivity index (χ0) is 11.8. The van der Waals surface area contributed by atoms with Gasteiger partial charge in [0, 0.05) is 12.0 Å². The third-order valence-electron chi connectivity index (χ3n) is 3.69. The van der Waals surface area contributed by atoms with Crippen LogP contribution in [0.3, 0.4) is 0 Å².